The Morgan fingerprint density at radius 3 is 3.11 bits per heavy atom. The summed E-state index contributed by atoms with van der Waals surface area (Å²) in [5, 5.41) is 10.2. The minimum atomic E-state index is -0.209. The highest BCUT2D eigenvalue weighted by molar-refractivity contribution is 6.30. The van der Waals surface area contributed by atoms with Crippen molar-refractivity contribution >= 4 is 11.6 Å². The van der Waals surface area contributed by atoms with Crippen molar-refractivity contribution in [2.45, 2.75) is 19.1 Å². The van der Waals surface area contributed by atoms with Crippen LogP contribution >= 0.6 is 11.6 Å². The predicted octanol–water partition coefficient (Wildman–Crippen LogP) is 2.56. The van der Waals surface area contributed by atoms with E-state index in [2.05, 4.69) is 9.88 Å². The van der Waals surface area contributed by atoms with E-state index in [1.165, 1.54) is 0 Å². The Bertz CT molecular complexity index is 570. The summed E-state index contributed by atoms with van der Waals surface area (Å²) in [6.45, 7) is 2.32. The second-order valence-electron chi connectivity index (χ2n) is 4.83. The molecule has 2 heterocycles. The molecule has 0 aliphatic carbocycles. The molecule has 5 heteroatoms. The van der Waals surface area contributed by atoms with Crippen LogP contribution in [0.2, 0.25) is 5.02 Å². The van der Waals surface area contributed by atoms with Gasteiger partial charge in [0.25, 0.3) is 0 Å². The van der Waals surface area contributed by atoms with Crippen molar-refractivity contribution in [2.75, 3.05) is 13.1 Å². The molecular formula is C14H15ClN2O2. The molecule has 1 aromatic heterocycles. The Balaban J connectivity index is 1.73. The zero-order valence-corrected chi connectivity index (χ0v) is 11.2. The van der Waals surface area contributed by atoms with Crippen LogP contribution in [-0.2, 0) is 6.54 Å². The second kappa shape index (κ2) is 5.33. The molecule has 0 amide bonds. The van der Waals surface area contributed by atoms with Gasteiger partial charge in [0.1, 0.15) is 6.26 Å². The van der Waals surface area contributed by atoms with Crippen LogP contribution < -0.4 is 0 Å². The molecular weight excluding hydrogens is 264 g/mol. The molecule has 0 saturated carbocycles. The van der Waals surface area contributed by atoms with Crippen LogP contribution in [0.15, 0.2) is 34.9 Å². The second-order valence-corrected chi connectivity index (χ2v) is 5.27. The highest BCUT2D eigenvalue weighted by atomic mass is 35.5. The van der Waals surface area contributed by atoms with Crippen molar-refractivity contribution in [3.63, 3.8) is 0 Å². The number of aliphatic hydroxyl groups is 1. The van der Waals surface area contributed by atoms with E-state index >= 15 is 0 Å². The minimum Gasteiger partial charge on any atom is -0.444 e. The zero-order valence-electron chi connectivity index (χ0n) is 10.4. The van der Waals surface area contributed by atoms with Gasteiger partial charge in [-0.2, -0.15) is 0 Å². The van der Waals surface area contributed by atoms with E-state index < -0.39 is 0 Å². The first-order valence-electron chi connectivity index (χ1n) is 6.31. The molecule has 1 fully saturated rings. The monoisotopic (exact) mass is 278 g/mol. The van der Waals surface area contributed by atoms with Gasteiger partial charge in [-0.05, 0) is 24.6 Å². The first-order chi connectivity index (χ1) is 9.20. The number of oxazole rings is 1. The smallest absolute Gasteiger partial charge is 0.226 e. The van der Waals surface area contributed by atoms with Gasteiger partial charge in [0.2, 0.25) is 5.89 Å². The van der Waals surface area contributed by atoms with Crippen LogP contribution in [0, 0.1) is 0 Å². The molecule has 4 nitrogen and oxygen atoms in total. The maximum atomic E-state index is 9.49. The number of hydrogen-bond donors (Lipinski definition) is 1. The van der Waals surface area contributed by atoms with Crippen molar-refractivity contribution in [3.8, 4) is 11.5 Å². The zero-order chi connectivity index (χ0) is 13.2. The molecule has 1 atom stereocenters. The van der Waals surface area contributed by atoms with Gasteiger partial charge in [0, 0.05) is 30.2 Å². The standard InChI is InChI=1S/C14H15ClN2O2/c15-11-3-1-2-10(6-11)14-16-12(9-19-14)7-17-5-4-13(18)8-17/h1-3,6,9,13,18H,4-5,7-8H2/t13-/m1/s1. The van der Waals surface area contributed by atoms with Gasteiger partial charge in [-0.15, -0.1) is 0 Å². The lowest BCUT2D eigenvalue weighted by atomic mass is 10.2. The van der Waals surface area contributed by atoms with E-state index in [-0.39, 0.29) is 6.10 Å². The highest BCUT2D eigenvalue weighted by Gasteiger charge is 2.21. The number of nitrogens with zero attached hydrogens (tertiary/aromatic N) is 2. The molecule has 100 valence electrons. The molecule has 1 aromatic carbocycles. The molecule has 1 aliphatic rings. The third-order valence-corrected chi connectivity index (χ3v) is 3.49. The highest BCUT2D eigenvalue weighted by Crippen LogP contribution is 2.23. The van der Waals surface area contributed by atoms with Crippen molar-refractivity contribution < 1.29 is 9.52 Å². The molecule has 1 aliphatic heterocycles. The number of rotatable bonds is 3. The lowest BCUT2D eigenvalue weighted by Gasteiger charge is -2.11. The summed E-state index contributed by atoms with van der Waals surface area (Å²) < 4.78 is 5.48. The summed E-state index contributed by atoms with van der Waals surface area (Å²) in [6, 6.07) is 7.44. The summed E-state index contributed by atoms with van der Waals surface area (Å²) in [5.41, 5.74) is 1.75. The molecule has 0 radical (unpaired) electrons. The predicted molar refractivity (Wildman–Crippen MR) is 72.8 cm³/mol. The molecule has 0 bridgehead atoms. The SMILES string of the molecule is O[C@@H]1CCN(Cc2coc(-c3cccc(Cl)c3)n2)C1. The average Bonchev–Trinajstić information content (AvgIpc) is 2.99. The molecule has 19 heavy (non-hydrogen) atoms. The summed E-state index contributed by atoms with van der Waals surface area (Å²) >= 11 is 5.95. The Kier molecular flexibility index (Phi) is 3.55. The maximum Gasteiger partial charge on any atom is 0.226 e. The molecule has 0 unspecified atom stereocenters. The van der Waals surface area contributed by atoms with Gasteiger partial charge >= 0.3 is 0 Å². The number of hydrogen-bond acceptors (Lipinski definition) is 4. The normalized spacial score (nSPS) is 20.0. The lowest BCUT2D eigenvalue weighted by Crippen LogP contribution is -2.21. The average molecular weight is 279 g/mol. The summed E-state index contributed by atoms with van der Waals surface area (Å²) in [4.78, 5) is 6.63. The van der Waals surface area contributed by atoms with Gasteiger partial charge < -0.3 is 9.52 Å². The summed E-state index contributed by atoms with van der Waals surface area (Å²) in [6.07, 6.45) is 2.29. The van der Waals surface area contributed by atoms with Crippen molar-refractivity contribution in [1.29, 1.82) is 0 Å². The van der Waals surface area contributed by atoms with Crippen LogP contribution in [-0.4, -0.2) is 34.2 Å². The van der Waals surface area contributed by atoms with Crippen LogP contribution in [0.1, 0.15) is 12.1 Å². The largest absolute Gasteiger partial charge is 0.444 e. The van der Waals surface area contributed by atoms with Crippen LogP contribution in [0.3, 0.4) is 0 Å². The fourth-order valence-electron chi connectivity index (χ4n) is 2.32. The summed E-state index contributed by atoms with van der Waals surface area (Å²) in [5.74, 6) is 0.581. The molecule has 2 aromatic rings. The molecule has 0 spiro atoms. The Hall–Kier alpha value is -1.36. The van der Waals surface area contributed by atoms with Gasteiger partial charge in [-0.25, -0.2) is 4.98 Å². The number of benzene rings is 1. The van der Waals surface area contributed by atoms with Gasteiger partial charge in [0.05, 0.1) is 11.8 Å². The van der Waals surface area contributed by atoms with E-state index in [0.717, 1.165) is 24.2 Å². The quantitative estimate of drug-likeness (QED) is 0.937. The van der Waals surface area contributed by atoms with Crippen molar-refractivity contribution in [2.24, 2.45) is 0 Å². The van der Waals surface area contributed by atoms with Crippen LogP contribution in [0.5, 0.6) is 0 Å². The van der Waals surface area contributed by atoms with Crippen LogP contribution in [0.25, 0.3) is 11.5 Å². The van der Waals surface area contributed by atoms with E-state index in [9.17, 15) is 5.11 Å². The Morgan fingerprint density at radius 2 is 2.37 bits per heavy atom. The number of likely N-dealkylation sites (tertiary alicyclic amines) is 1. The van der Waals surface area contributed by atoms with Gasteiger partial charge in [0.15, 0.2) is 0 Å². The number of β-amino-alcohol motifs (C(OH)–C–C–N with tert-alkyl or cyclic N) is 1. The maximum absolute atomic E-state index is 9.49. The fourth-order valence-corrected chi connectivity index (χ4v) is 2.51. The minimum absolute atomic E-state index is 0.209. The molecule has 3 rings (SSSR count). The number of aromatic nitrogens is 1. The van der Waals surface area contributed by atoms with E-state index in [4.69, 9.17) is 16.0 Å². The first kappa shape index (κ1) is 12.7. The van der Waals surface area contributed by atoms with Gasteiger partial charge in [-0.3, -0.25) is 4.90 Å². The van der Waals surface area contributed by atoms with E-state index in [1.54, 1.807) is 6.26 Å². The fraction of sp³-hybridized carbons (Fsp3) is 0.357. The lowest BCUT2D eigenvalue weighted by molar-refractivity contribution is 0.174. The third kappa shape index (κ3) is 2.97. The van der Waals surface area contributed by atoms with Crippen molar-refractivity contribution in [1.82, 2.24) is 9.88 Å². The first-order valence-corrected chi connectivity index (χ1v) is 6.69. The van der Waals surface area contributed by atoms with Crippen molar-refractivity contribution in [3.05, 3.63) is 41.2 Å². The topological polar surface area (TPSA) is 49.5 Å². The number of halogens is 1. The van der Waals surface area contributed by atoms with E-state index in [0.29, 0.717) is 24.0 Å². The van der Waals surface area contributed by atoms with E-state index in [1.807, 2.05) is 24.3 Å². The Morgan fingerprint density at radius 1 is 1.47 bits per heavy atom. The number of aliphatic hydroxyl groups excluding tert-OH is 1. The van der Waals surface area contributed by atoms with Gasteiger partial charge in [-0.1, -0.05) is 17.7 Å². The molecule has 1 N–H and O–H groups in total. The third-order valence-electron chi connectivity index (χ3n) is 3.26. The molecule has 1 saturated heterocycles. The summed E-state index contributed by atoms with van der Waals surface area (Å²) in [7, 11) is 0. The Labute approximate surface area is 116 Å². The van der Waals surface area contributed by atoms with Crippen LogP contribution in [0.4, 0.5) is 0 Å².